The first-order valence-corrected chi connectivity index (χ1v) is 8.45. The van der Waals surface area contributed by atoms with Crippen LogP contribution in [-0.2, 0) is 6.54 Å². The Morgan fingerprint density at radius 1 is 1.12 bits per heavy atom. The van der Waals surface area contributed by atoms with Gasteiger partial charge in [0.05, 0.1) is 11.9 Å². The molecule has 3 aromatic heterocycles. The Morgan fingerprint density at radius 3 is 2.71 bits per heavy atom. The summed E-state index contributed by atoms with van der Waals surface area (Å²) in [5.41, 5.74) is 2.08. The van der Waals surface area contributed by atoms with Crippen LogP contribution in [0, 0.1) is 6.92 Å². The fourth-order valence-electron chi connectivity index (χ4n) is 2.70. The Balaban J connectivity index is 1.71. The van der Waals surface area contributed by atoms with Crippen LogP contribution in [-0.4, -0.2) is 22.2 Å². The Labute approximate surface area is 143 Å². The van der Waals surface area contributed by atoms with Crippen molar-refractivity contribution in [1.82, 2.24) is 15.1 Å². The zero-order valence-electron chi connectivity index (χ0n) is 13.4. The van der Waals surface area contributed by atoms with Crippen molar-refractivity contribution >= 4 is 27.4 Å². The first kappa shape index (κ1) is 14.8. The first-order chi connectivity index (χ1) is 11.7. The van der Waals surface area contributed by atoms with Gasteiger partial charge in [-0.05, 0) is 18.6 Å². The Bertz CT molecular complexity index is 977. The zero-order valence-corrected chi connectivity index (χ0v) is 14.2. The van der Waals surface area contributed by atoms with Gasteiger partial charge < -0.3 is 9.42 Å². The third kappa shape index (κ3) is 2.76. The molecule has 1 aromatic carbocycles. The topological polar surface area (TPSA) is 55.1 Å². The number of aryl methyl sites for hydroxylation is 1. The molecule has 0 unspecified atom stereocenters. The van der Waals surface area contributed by atoms with Crippen LogP contribution in [0.15, 0.2) is 53.3 Å². The normalized spacial score (nSPS) is 11.1. The van der Waals surface area contributed by atoms with Crippen LogP contribution in [0.2, 0.25) is 0 Å². The minimum Gasteiger partial charge on any atom is -0.361 e. The van der Waals surface area contributed by atoms with Crippen LogP contribution in [0.25, 0.3) is 20.7 Å². The third-order valence-electron chi connectivity index (χ3n) is 3.80. The Morgan fingerprint density at radius 2 is 1.96 bits per heavy atom. The summed E-state index contributed by atoms with van der Waals surface area (Å²) >= 11 is 1.68. The number of aromatic nitrogens is 3. The summed E-state index contributed by atoms with van der Waals surface area (Å²) < 4.78 is 5.14. The van der Waals surface area contributed by atoms with E-state index < -0.39 is 0 Å². The van der Waals surface area contributed by atoms with E-state index in [9.17, 15) is 0 Å². The van der Waals surface area contributed by atoms with Gasteiger partial charge in [-0.15, -0.1) is 11.3 Å². The highest BCUT2D eigenvalue weighted by Crippen LogP contribution is 2.35. The van der Waals surface area contributed by atoms with Gasteiger partial charge in [0, 0.05) is 18.0 Å². The van der Waals surface area contributed by atoms with Gasteiger partial charge >= 0.3 is 0 Å². The van der Waals surface area contributed by atoms with Gasteiger partial charge in [0.15, 0.2) is 0 Å². The molecule has 0 aliphatic carbocycles. The molecule has 0 saturated heterocycles. The molecule has 0 saturated carbocycles. The van der Waals surface area contributed by atoms with Crippen molar-refractivity contribution in [2.24, 2.45) is 0 Å². The van der Waals surface area contributed by atoms with Crippen LogP contribution in [0.5, 0.6) is 0 Å². The second-order valence-electron chi connectivity index (χ2n) is 5.68. The lowest BCUT2D eigenvalue weighted by molar-refractivity contribution is 0.390. The molecule has 6 heteroatoms. The van der Waals surface area contributed by atoms with Gasteiger partial charge in [0.25, 0.3) is 0 Å². The average Bonchev–Trinajstić information content (AvgIpc) is 3.21. The molecule has 5 nitrogen and oxygen atoms in total. The maximum atomic E-state index is 5.14. The zero-order chi connectivity index (χ0) is 16.5. The van der Waals surface area contributed by atoms with Crippen molar-refractivity contribution in [3.05, 3.63) is 60.2 Å². The fourth-order valence-corrected chi connectivity index (χ4v) is 3.70. The summed E-state index contributed by atoms with van der Waals surface area (Å²) in [6, 6.07) is 14.4. The summed E-state index contributed by atoms with van der Waals surface area (Å²) in [5, 5.41) is 5.12. The minimum absolute atomic E-state index is 0.639. The quantitative estimate of drug-likeness (QED) is 0.556. The smallest absolute Gasteiger partial charge is 0.140 e. The first-order valence-electron chi connectivity index (χ1n) is 7.64. The predicted molar refractivity (Wildman–Crippen MR) is 96.2 cm³/mol. The summed E-state index contributed by atoms with van der Waals surface area (Å²) in [7, 11) is 2.01. The number of hydrogen-bond acceptors (Lipinski definition) is 6. The van der Waals surface area contributed by atoms with E-state index in [-0.39, 0.29) is 0 Å². The molecule has 4 aromatic rings. The second-order valence-corrected chi connectivity index (χ2v) is 6.71. The van der Waals surface area contributed by atoms with Crippen molar-refractivity contribution in [3.63, 3.8) is 0 Å². The lowest BCUT2D eigenvalue weighted by Crippen LogP contribution is -2.18. The average molecular weight is 336 g/mol. The van der Waals surface area contributed by atoms with Crippen LogP contribution in [0.3, 0.4) is 0 Å². The van der Waals surface area contributed by atoms with Crippen LogP contribution < -0.4 is 4.90 Å². The highest BCUT2D eigenvalue weighted by atomic mass is 32.1. The molecular weight excluding hydrogens is 320 g/mol. The number of thiophene rings is 1. The molecule has 0 radical (unpaired) electrons. The fraction of sp³-hybridized carbons (Fsp3) is 0.167. The van der Waals surface area contributed by atoms with E-state index in [0.717, 1.165) is 27.5 Å². The number of fused-ring (bicyclic) bond motifs is 1. The van der Waals surface area contributed by atoms with Crippen molar-refractivity contribution in [1.29, 1.82) is 0 Å². The summed E-state index contributed by atoms with van der Waals surface area (Å²) in [5.74, 6) is 1.72. The van der Waals surface area contributed by atoms with E-state index in [4.69, 9.17) is 4.52 Å². The summed E-state index contributed by atoms with van der Waals surface area (Å²) in [6.07, 6.45) is 1.62. The van der Waals surface area contributed by atoms with E-state index in [1.165, 1.54) is 10.4 Å². The van der Waals surface area contributed by atoms with Gasteiger partial charge in [-0.25, -0.2) is 9.97 Å². The molecule has 0 bridgehead atoms. The van der Waals surface area contributed by atoms with E-state index in [1.54, 1.807) is 17.7 Å². The highest BCUT2D eigenvalue weighted by Gasteiger charge is 2.14. The summed E-state index contributed by atoms with van der Waals surface area (Å²) in [6.45, 7) is 2.53. The van der Waals surface area contributed by atoms with E-state index in [0.29, 0.717) is 6.54 Å². The van der Waals surface area contributed by atoms with Crippen LogP contribution in [0.4, 0.5) is 5.82 Å². The maximum Gasteiger partial charge on any atom is 0.140 e. The lowest BCUT2D eigenvalue weighted by atomic mass is 10.2. The molecule has 3 heterocycles. The molecule has 0 spiro atoms. The number of rotatable bonds is 4. The van der Waals surface area contributed by atoms with E-state index in [1.807, 2.05) is 38.2 Å². The maximum absolute atomic E-state index is 5.14. The molecule has 0 fully saturated rings. The molecule has 0 amide bonds. The Hall–Kier alpha value is -2.73. The molecule has 4 rings (SSSR count). The standard InChI is InChI=1S/C18H16N4OS/c1-12-8-14(21-23-12)10-22(2)17-15-9-16(13-6-4-3-5-7-13)24-18(15)20-11-19-17/h3-9,11H,10H2,1-2H3. The predicted octanol–water partition coefficient (Wildman–Crippen LogP) is 4.29. The molecular formula is C18H16N4OS. The van der Waals surface area contributed by atoms with Crippen molar-refractivity contribution in [2.75, 3.05) is 11.9 Å². The van der Waals surface area contributed by atoms with E-state index >= 15 is 0 Å². The molecule has 0 atom stereocenters. The highest BCUT2D eigenvalue weighted by molar-refractivity contribution is 7.21. The van der Waals surface area contributed by atoms with Gasteiger partial charge in [-0.1, -0.05) is 35.5 Å². The molecule has 120 valence electrons. The van der Waals surface area contributed by atoms with Crippen molar-refractivity contribution < 1.29 is 4.52 Å². The molecule has 0 aliphatic rings. The van der Waals surface area contributed by atoms with Gasteiger partial charge in [-0.2, -0.15) is 0 Å². The van der Waals surface area contributed by atoms with Crippen LogP contribution in [0.1, 0.15) is 11.5 Å². The van der Waals surface area contributed by atoms with Crippen molar-refractivity contribution in [2.45, 2.75) is 13.5 Å². The largest absolute Gasteiger partial charge is 0.361 e. The SMILES string of the molecule is Cc1cc(CN(C)c2ncnc3sc(-c4ccccc4)cc23)no1. The Kier molecular flexibility index (Phi) is 3.74. The number of anilines is 1. The van der Waals surface area contributed by atoms with Crippen molar-refractivity contribution in [3.8, 4) is 10.4 Å². The molecule has 0 N–H and O–H groups in total. The molecule has 0 aliphatic heterocycles. The minimum atomic E-state index is 0.639. The number of benzene rings is 1. The number of hydrogen-bond donors (Lipinski definition) is 0. The summed E-state index contributed by atoms with van der Waals surface area (Å²) in [4.78, 5) is 13.2. The number of nitrogens with zero attached hydrogens (tertiary/aromatic N) is 4. The van der Waals surface area contributed by atoms with Gasteiger partial charge in [0.1, 0.15) is 28.4 Å². The van der Waals surface area contributed by atoms with E-state index in [2.05, 4.69) is 38.2 Å². The molecule has 24 heavy (non-hydrogen) atoms. The van der Waals surface area contributed by atoms with Crippen LogP contribution >= 0.6 is 11.3 Å². The van der Waals surface area contributed by atoms with Gasteiger partial charge in [-0.3, -0.25) is 0 Å². The third-order valence-corrected chi connectivity index (χ3v) is 4.90. The monoisotopic (exact) mass is 336 g/mol. The lowest BCUT2D eigenvalue weighted by Gasteiger charge is -2.16. The second kappa shape index (κ2) is 6.05. The van der Waals surface area contributed by atoms with Gasteiger partial charge in [0.2, 0.25) is 0 Å².